The van der Waals surface area contributed by atoms with E-state index in [0.29, 0.717) is 32.5 Å². The summed E-state index contributed by atoms with van der Waals surface area (Å²) < 4.78 is 14.0. The zero-order valence-electron chi connectivity index (χ0n) is 19.0. The van der Waals surface area contributed by atoms with Crippen LogP contribution in [0.4, 0.5) is 0 Å². The summed E-state index contributed by atoms with van der Waals surface area (Å²) in [6, 6.07) is 5.77. The number of methoxy groups -OCH3 is 1. The van der Waals surface area contributed by atoms with Crippen LogP contribution in [-0.2, 0) is 22.7 Å². The molecule has 2 aliphatic rings. The SMILES string of the molecule is COc1ccc2c(c1)CN(C(C)=O)CC1(CCCN(C(=O)CCCn3ccnc3)CC1)O2. The minimum atomic E-state index is -0.489. The fraction of sp³-hybridized carbons (Fsp3) is 0.542. The largest absolute Gasteiger partial charge is 0.497 e. The first-order valence-corrected chi connectivity index (χ1v) is 11.3. The van der Waals surface area contributed by atoms with Crippen LogP contribution in [0.1, 0.15) is 44.6 Å². The first-order chi connectivity index (χ1) is 15.5. The Morgan fingerprint density at radius 1 is 1.22 bits per heavy atom. The first-order valence-electron chi connectivity index (χ1n) is 11.3. The standard InChI is InChI=1S/C24H32N4O4/c1-19(29)28-16-20-15-21(31-2)6-7-22(20)32-24(17-28)8-4-12-27(13-9-24)23(30)5-3-11-26-14-10-25-18-26/h6-7,10,14-15,18H,3-5,8-9,11-13,16-17H2,1-2H3. The summed E-state index contributed by atoms with van der Waals surface area (Å²) in [5.41, 5.74) is 0.463. The van der Waals surface area contributed by atoms with Crippen molar-refractivity contribution in [2.75, 3.05) is 26.7 Å². The number of aryl methyl sites for hydroxylation is 1. The Hall–Kier alpha value is -3.03. The number of hydrogen-bond donors (Lipinski definition) is 0. The molecule has 8 nitrogen and oxygen atoms in total. The molecule has 0 bridgehead atoms. The molecule has 1 aromatic carbocycles. The lowest BCUT2D eigenvalue weighted by Gasteiger charge is -2.35. The maximum Gasteiger partial charge on any atom is 0.222 e. The lowest BCUT2D eigenvalue weighted by Crippen LogP contribution is -2.47. The minimum Gasteiger partial charge on any atom is -0.497 e. The minimum absolute atomic E-state index is 0.0281. The number of carbonyl (C=O) groups excluding carboxylic acids is 2. The molecule has 1 saturated heterocycles. The van der Waals surface area contributed by atoms with Gasteiger partial charge in [-0.25, -0.2) is 4.98 Å². The van der Waals surface area contributed by atoms with Gasteiger partial charge in [-0.05, 0) is 37.5 Å². The number of aromatic nitrogens is 2. The Kier molecular flexibility index (Phi) is 6.67. The molecule has 3 heterocycles. The van der Waals surface area contributed by atoms with Gasteiger partial charge in [-0.3, -0.25) is 9.59 Å². The molecule has 32 heavy (non-hydrogen) atoms. The van der Waals surface area contributed by atoms with Crippen LogP contribution in [0.15, 0.2) is 36.9 Å². The topological polar surface area (TPSA) is 76.9 Å². The number of rotatable bonds is 5. The molecule has 172 valence electrons. The van der Waals surface area contributed by atoms with E-state index in [0.717, 1.165) is 49.4 Å². The average Bonchev–Trinajstić information content (AvgIpc) is 3.13. The zero-order valence-corrected chi connectivity index (χ0v) is 19.0. The predicted octanol–water partition coefficient (Wildman–Crippen LogP) is 2.86. The number of hydrogen-bond acceptors (Lipinski definition) is 5. The fourth-order valence-electron chi connectivity index (χ4n) is 4.67. The Balaban J connectivity index is 1.44. The van der Waals surface area contributed by atoms with Gasteiger partial charge in [0.15, 0.2) is 0 Å². The smallest absolute Gasteiger partial charge is 0.222 e. The fourth-order valence-corrected chi connectivity index (χ4v) is 4.67. The van der Waals surface area contributed by atoms with Crippen LogP contribution in [0.5, 0.6) is 11.5 Å². The molecule has 0 N–H and O–H groups in total. The van der Waals surface area contributed by atoms with Gasteiger partial charge in [0.05, 0.1) is 20.0 Å². The molecule has 2 aliphatic heterocycles. The molecule has 0 radical (unpaired) electrons. The zero-order chi connectivity index (χ0) is 22.6. The summed E-state index contributed by atoms with van der Waals surface area (Å²) >= 11 is 0. The number of fused-ring (bicyclic) bond motifs is 1. The number of ether oxygens (including phenoxy) is 2. The van der Waals surface area contributed by atoms with E-state index in [1.165, 1.54) is 0 Å². The molecule has 1 unspecified atom stereocenters. The van der Waals surface area contributed by atoms with E-state index in [9.17, 15) is 9.59 Å². The molecule has 8 heteroatoms. The van der Waals surface area contributed by atoms with Gasteiger partial charge in [0, 0.05) is 63.9 Å². The van der Waals surface area contributed by atoms with E-state index < -0.39 is 5.60 Å². The molecule has 1 fully saturated rings. The van der Waals surface area contributed by atoms with Crippen molar-refractivity contribution in [2.24, 2.45) is 0 Å². The van der Waals surface area contributed by atoms with Crippen molar-refractivity contribution in [3.05, 3.63) is 42.5 Å². The second-order valence-electron chi connectivity index (χ2n) is 8.77. The Labute approximate surface area is 189 Å². The number of carbonyl (C=O) groups is 2. The molecule has 1 spiro atoms. The Bertz CT molecular complexity index is 945. The van der Waals surface area contributed by atoms with Crippen LogP contribution in [0.3, 0.4) is 0 Å². The molecule has 0 aliphatic carbocycles. The summed E-state index contributed by atoms with van der Waals surface area (Å²) in [7, 11) is 1.63. The normalized spacial score (nSPS) is 20.8. The van der Waals surface area contributed by atoms with Gasteiger partial charge >= 0.3 is 0 Å². The van der Waals surface area contributed by atoms with Gasteiger partial charge < -0.3 is 23.8 Å². The van der Waals surface area contributed by atoms with E-state index in [2.05, 4.69) is 4.98 Å². The number of benzene rings is 1. The predicted molar refractivity (Wildman–Crippen MR) is 119 cm³/mol. The average molecular weight is 441 g/mol. The van der Waals surface area contributed by atoms with Crippen molar-refractivity contribution < 1.29 is 19.1 Å². The van der Waals surface area contributed by atoms with Crippen LogP contribution in [0, 0.1) is 0 Å². The molecular formula is C24H32N4O4. The van der Waals surface area contributed by atoms with Crippen LogP contribution < -0.4 is 9.47 Å². The molecule has 1 atom stereocenters. The molecule has 2 amide bonds. The van der Waals surface area contributed by atoms with E-state index >= 15 is 0 Å². The summed E-state index contributed by atoms with van der Waals surface area (Å²) in [6.07, 6.45) is 9.12. The van der Waals surface area contributed by atoms with Crippen molar-refractivity contribution in [3.63, 3.8) is 0 Å². The van der Waals surface area contributed by atoms with Crippen LogP contribution in [0.2, 0.25) is 0 Å². The third kappa shape index (κ3) is 5.06. The third-order valence-electron chi connectivity index (χ3n) is 6.50. The van der Waals surface area contributed by atoms with E-state index in [-0.39, 0.29) is 11.8 Å². The van der Waals surface area contributed by atoms with Crippen LogP contribution in [-0.4, -0.2) is 63.5 Å². The van der Waals surface area contributed by atoms with Gasteiger partial charge in [-0.15, -0.1) is 0 Å². The Morgan fingerprint density at radius 3 is 2.84 bits per heavy atom. The number of amides is 2. The summed E-state index contributed by atoms with van der Waals surface area (Å²) in [4.78, 5) is 33.1. The lowest BCUT2D eigenvalue weighted by molar-refractivity contribution is -0.133. The highest BCUT2D eigenvalue weighted by Crippen LogP contribution is 2.37. The van der Waals surface area contributed by atoms with Gasteiger partial charge in [-0.1, -0.05) is 0 Å². The molecular weight excluding hydrogens is 408 g/mol. The monoisotopic (exact) mass is 440 g/mol. The van der Waals surface area contributed by atoms with Gasteiger partial charge in [-0.2, -0.15) is 0 Å². The van der Waals surface area contributed by atoms with E-state index in [1.54, 1.807) is 26.6 Å². The van der Waals surface area contributed by atoms with E-state index in [4.69, 9.17) is 9.47 Å². The maximum atomic E-state index is 12.8. The first kappa shape index (κ1) is 22.2. The highest BCUT2D eigenvalue weighted by Gasteiger charge is 2.40. The summed E-state index contributed by atoms with van der Waals surface area (Å²) in [5.74, 6) is 1.76. The Morgan fingerprint density at radius 2 is 2.09 bits per heavy atom. The quantitative estimate of drug-likeness (QED) is 0.715. The number of likely N-dealkylation sites (tertiary alicyclic amines) is 1. The van der Waals surface area contributed by atoms with Crippen molar-refractivity contribution in [1.82, 2.24) is 19.4 Å². The summed E-state index contributed by atoms with van der Waals surface area (Å²) in [6.45, 7) is 4.79. The van der Waals surface area contributed by atoms with Gasteiger partial charge in [0.1, 0.15) is 17.1 Å². The van der Waals surface area contributed by atoms with Crippen molar-refractivity contribution in [3.8, 4) is 11.5 Å². The number of nitrogens with zero attached hydrogens (tertiary/aromatic N) is 4. The highest BCUT2D eigenvalue weighted by molar-refractivity contribution is 5.76. The molecule has 0 saturated carbocycles. The maximum absolute atomic E-state index is 12.8. The highest BCUT2D eigenvalue weighted by atomic mass is 16.5. The van der Waals surface area contributed by atoms with E-state index in [1.807, 2.05) is 38.8 Å². The van der Waals surface area contributed by atoms with Crippen molar-refractivity contribution in [1.29, 1.82) is 0 Å². The molecule has 1 aromatic heterocycles. The van der Waals surface area contributed by atoms with Crippen molar-refractivity contribution in [2.45, 2.75) is 57.7 Å². The molecule has 4 rings (SSSR count). The van der Waals surface area contributed by atoms with Crippen LogP contribution >= 0.6 is 0 Å². The van der Waals surface area contributed by atoms with Crippen LogP contribution in [0.25, 0.3) is 0 Å². The lowest BCUT2D eigenvalue weighted by atomic mass is 9.93. The van der Waals surface area contributed by atoms with Crippen molar-refractivity contribution >= 4 is 11.8 Å². The summed E-state index contributed by atoms with van der Waals surface area (Å²) in [5, 5.41) is 0. The third-order valence-corrected chi connectivity index (χ3v) is 6.50. The number of imidazole rings is 1. The second kappa shape index (κ2) is 9.63. The van der Waals surface area contributed by atoms with Gasteiger partial charge in [0.2, 0.25) is 11.8 Å². The molecule has 2 aromatic rings. The second-order valence-corrected chi connectivity index (χ2v) is 8.77. The van der Waals surface area contributed by atoms with Gasteiger partial charge in [0.25, 0.3) is 0 Å².